The molecular formula is C77H68O12. The van der Waals surface area contributed by atoms with E-state index in [9.17, 15) is 19.2 Å². The van der Waals surface area contributed by atoms with E-state index in [0.717, 1.165) is 22.3 Å². The number of ether oxygens (including phenoxy) is 8. The normalized spacial score (nSPS) is 11.2. The first-order chi connectivity index (χ1) is 42.2. The second-order valence-corrected chi connectivity index (χ2v) is 24.3. The summed E-state index contributed by atoms with van der Waals surface area (Å²) < 4.78 is 44.1. The van der Waals surface area contributed by atoms with Crippen LogP contribution in [0.25, 0.3) is 0 Å². The summed E-state index contributed by atoms with van der Waals surface area (Å²) in [5.74, 6) is 26.9. The standard InChI is InChI=1S/C77H68O12/c1-73(2,3)86-69(78)82-65-25-17-13-21-57(65)41-29-53-33-45-61(46-34-53)77(62-47-35-54(36-48-62)30-42-58-22-14-18-26-66(58)83-70(79)87-74(4,5)6,63-49-37-55(38-50-63)31-43-59-23-15-19-27-67(59)84-71(80)88-75(7,8)9)64-51-39-56(40-52-64)32-44-60-24-16-20-28-68(60)85-72(81)89-76(10,11)12/h13-28,33-40,45-52H,1-12H3. The van der Waals surface area contributed by atoms with Gasteiger partial charge in [0.15, 0.2) is 0 Å². The molecule has 0 aliphatic heterocycles. The molecular weight excluding hydrogens is 1120 g/mol. The van der Waals surface area contributed by atoms with Gasteiger partial charge in [0.25, 0.3) is 0 Å². The number of benzene rings is 8. The number of hydrogen-bond acceptors (Lipinski definition) is 12. The van der Waals surface area contributed by atoms with Gasteiger partial charge in [0.2, 0.25) is 0 Å². The molecule has 0 heterocycles. The predicted molar refractivity (Wildman–Crippen MR) is 342 cm³/mol. The number of hydrogen-bond donors (Lipinski definition) is 0. The van der Waals surface area contributed by atoms with E-state index in [0.29, 0.717) is 44.5 Å². The lowest BCUT2D eigenvalue weighted by Crippen LogP contribution is -2.31. The summed E-state index contributed by atoms with van der Waals surface area (Å²) >= 11 is 0. The monoisotopic (exact) mass is 1180 g/mol. The van der Waals surface area contributed by atoms with Crippen molar-refractivity contribution >= 4 is 24.6 Å². The zero-order valence-corrected chi connectivity index (χ0v) is 51.9. The maximum absolute atomic E-state index is 12.7. The van der Waals surface area contributed by atoms with E-state index in [1.165, 1.54) is 0 Å². The van der Waals surface area contributed by atoms with Crippen molar-refractivity contribution in [3.05, 3.63) is 261 Å². The van der Waals surface area contributed by atoms with Crippen LogP contribution in [0.2, 0.25) is 0 Å². The molecule has 0 saturated heterocycles. The van der Waals surface area contributed by atoms with Crippen LogP contribution in [0.4, 0.5) is 19.2 Å². The fourth-order valence-electron chi connectivity index (χ4n) is 8.85. The summed E-state index contributed by atoms with van der Waals surface area (Å²) in [4.78, 5) is 50.9. The molecule has 0 atom stereocenters. The highest BCUT2D eigenvalue weighted by molar-refractivity contribution is 5.70. The molecule has 0 N–H and O–H groups in total. The van der Waals surface area contributed by atoms with Crippen LogP contribution in [-0.2, 0) is 24.4 Å². The van der Waals surface area contributed by atoms with Crippen molar-refractivity contribution in [1.82, 2.24) is 0 Å². The summed E-state index contributed by atoms with van der Waals surface area (Å²) in [6.45, 7) is 21.1. The Labute approximate surface area is 521 Å². The maximum Gasteiger partial charge on any atom is 0.514 e. The third kappa shape index (κ3) is 18.5. The number of para-hydroxylation sites is 4. The average molecular weight is 1190 g/mol. The summed E-state index contributed by atoms with van der Waals surface area (Å²) in [7, 11) is 0. The predicted octanol–water partition coefficient (Wildman–Crippen LogP) is 16.9. The Hall–Kier alpha value is -10.9. The van der Waals surface area contributed by atoms with Crippen molar-refractivity contribution in [2.45, 2.75) is 111 Å². The van der Waals surface area contributed by atoms with E-state index < -0.39 is 52.4 Å². The lowest BCUT2D eigenvalue weighted by atomic mass is 9.65. The Balaban J connectivity index is 1.26. The third-order valence-corrected chi connectivity index (χ3v) is 12.5. The summed E-state index contributed by atoms with van der Waals surface area (Å²) in [6, 6.07) is 59.8. The number of carbonyl (C=O) groups is 4. The first kappa shape index (κ1) is 64.1. The molecule has 8 rings (SSSR count). The highest BCUT2D eigenvalue weighted by Crippen LogP contribution is 2.46. The Morgan fingerprint density at radius 2 is 0.427 bits per heavy atom. The summed E-state index contributed by atoms with van der Waals surface area (Å²) in [5.41, 5.74) is 4.05. The molecule has 448 valence electrons. The molecule has 0 aromatic heterocycles. The Morgan fingerprint density at radius 3 is 0.607 bits per heavy atom. The molecule has 12 heteroatoms. The molecule has 0 saturated carbocycles. The topological polar surface area (TPSA) is 142 Å². The van der Waals surface area contributed by atoms with Gasteiger partial charge in [-0.3, -0.25) is 0 Å². The molecule has 0 aliphatic rings. The smallest absolute Gasteiger partial charge is 0.428 e. The van der Waals surface area contributed by atoms with Crippen molar-refractivity contribution in [2.24, 2.45) is 0 Å². The van der Waals surface area contributed by atoms with Gasteiger partial charge in [-0.1, -0.05) is 144 Å². The van der Waals surface area contributed by atoms with Gasteiger partial charge < -0.3 is 37.9 Å². The molecule has 0 aliphatic carbocycles. The molecule has 8 aromatic rings. The average Bonchev–Trinajstić information content (AvgIpc) is 0.791. The minimum Gasteiger partial charge on any atom is -0.428 e. The van der Waals surface area contributed by atoms with Gasteiger partial charge in [-0.15, -0.1) is 0 Å². The summed E-state index contributed by atoms with van der Waals surface area (Å²) in [6.07, 6.45) is -3.36. The maximum atomic E-state index is 12.7. The van der Waals surface area contributed by atoms with Crippen molar-refractivity contribution < 1.29 is 57.1 Å². The van der Waals surface area contributed by atoms with Crippen LogP contribution >= 0.6 is 0 Å². The molecule has 89 heavy (non-hydrogen) atoms. The van der Waals surface area contributed by atoms with Crippen LogP contribution in [0.3, 0.4) is 0 Å². The zero-order valence-electron chi connectivity index (χ0n) is 51.9. The van der Waals surface area contributed by atoms with Gasteiger partial charge in [0, 0.05) is 22.3 Å². The number of rotatable bonds is 8. The van der Waals surface area contributed by atoms with Crippen LogP contribution in [0.1, 0.15) is 150 Å². The highest BCUT2D eigenvalue weighted by Gasteiger charge is 2.39. The first-order valence-corrected chi connectivity index (χ1v) is 28.7. The second-order valence-electron chi connectivity index (χ2n) is 24.3. The van der Waals surface area contributed by atoms with Gasteiger partial charge in [-0.25, -0.2) is 19.2 Å². The molecule has 12 nitrogen and oxygen atoms in total. The Morgan fingerprint density at radius 1 is 0.247 bits per heavy atom. The van der Waals surface area contributed by atoms with Gasteiger partial charge in [-0.2, -0.15) is 0 Å². The SMILES string of the molecule is CC(C)(C)OC(=O)Oc1ccccc1C#Cc1ccc(C(c2ccc(C#Cc3ccccc3OC(=O)OC(C)(C)C)cc2)(c2ccc(C#Cc3ccccc3OC(=O)OC(C)(C)C)cc2)c2ccc(C#Cc3ccccc3OC(=O)OC(C)(C)C)cc2)cc1. The molecule has 0 unspecified atom stereocenters. The summed E-state index contributed by atoms with van der Waals surface area (Å²) in [5, 5.41) is 0. The van der Waals surface area contributed by atoms with E-state index >= 15 is 0 Å². The van der Waals surface area contributed by atoms with Crippen LogP contribution in [0, 0.1) is 47.4 Å². The zero-order chi connectivity index (χ0) is 64.0. The van der Waals surface area contributed by atoms with Crippen molar-refractivity contribution in [1.29, 1.82) is 0 Å². The van der Waals surface area contributed by atoms with E-state index in [4.69, 9.17) is 37.9 Å². The van der Waals surface area contributed by atoms with Crippen LogP contribution in [0.15, 0.2) is 194 Å². The molecule has 0 amide bonds. The van der Waals surface area contributed by atoms with Gasteiger partial charge in [-0.05, 0) is 202 Å². The van der Waals surface area contributed by atoms with Crippen molar-refractivity contribution in [2.75, 3.05) is 0 Å². The lowest BCUT2D eigenvalue weighted by molar-refractivity contribution is 0.0192. The minimum atomic E-state index is -1.06. The van der Waals surface area contributed by atoms with E-state index in [1.807, 2.05) is 121 Å². The van der Waals surface area contributed by atoms with Gasteiger partial charge in [0.05, 0.1) is 27.7 Å². The van der Waals surface area contributed by atoms with Crippen LogP contribution in [0.5, 0.6) is 23.0 Å². The fourth-order valence-corrected chi connectivity index (χ4v) is 8.85. The Kier molecular flexibility index (Phi) is 19.9. The van der Waals surface area contributed by atoms with Crippen molar-refractivity contribution in [3.8, 4) is 70.4 Å². The number of carbonyl (C=O) groups excluding carboxylic acids is 4. The first-order valence-electron chi connectivity index (χ1n) is 28.7. The molecule has 0 spiro atoms. The lowest BCUT2D eigenvalue weighted by Gasteiger charge is -2.37. The Bertz CT molecular complexity index is 3590. The third-order valence-electron chi connectivity index (χ3n) is 12.5. The van der Waals surface area contributed by atoms with Crippen LogP contribution < -0.4 is 18.9 Å². The van der Waals surface area contributed by atoms with Crippen LogP contribution in [-0.4, -0.2) is 47.0 Å². The largest absolute Gasteiger partial charge is 0.514 e. The van der Waals surface area contributed by atoms with Crippen molar-refractivity contribution in [3.63, 3.8) is 0 Å². The van der Waals surface area contributed by atoms with Gasteiger partial charge in [0.1, 0.15) is 45.4 Å². The molecule has 8 aromatic carbocycles. The van der Waals surface area contributed by atoms with E-state index in [2.05, 4.69) is 47.4 Å². The molecule has 0 bridgehead atoms. The minimum absolute atomic E-state index is 0.259. The highest BCUT2D eigenvalue weighted by atomic mass is 16.7. The van der Waals surface area contributed by atoms with Gasteiger partial charge >= 0.3 is 24.6 Å². The fraction of sp³-hybridized carbons (Fsp3) is 0.221. The second kappa shape index (κ2) is 27.6. The van der Waals surface area contributed by atoms with E-state index in [1.54, 1.807) is 156 Å². The molecule has 0 radical (unpaired) electrons. The quantitative estimate of drug-likeness (QED) is 0.0470. The molecule has 0 fully saturated rings. The van der Waals surface area contributed by atoms with E-state index in [-0.39, 0.29) is 23.0 Å².